The molecule has 4 nitrogen and oxygen atoms in total. The number of hydrogen-bond acceptors (Lipinski definition) is 4. The van der Waals surface area contributed by atoms with E-state index in [1.807, 2.05) is 4.90 Å². The molecule has 80 valence electrons. The molecule has 0 bridgehead atoms. The maximum Gasteiger partial charge on any atom is 0.293 e. The average Bonchev–Trinajstić information content (AvgIpc) is 2.91. The fourth-order valence-corrected chi connectivity index (χ4v) is 2.51. The Morgan fingerprint density at radius 1 is 1.67 bits per heavy atom. The molecule has 1 aliphatic heterocycles. The molecule has 0 atom stereocenters. The van der Waals surface area contributed by atoms with Gasteiger partial charge >= 0.3 is 0 Å². The van der Waals surface area contributed by atoms with E-state index in [1.54, 1.807) is 23.9 Å². The molecule has 1 aromatic heterocycles. The number of thiocarbonyl (C=S) groups is 1. The van der Waals surface area contributed by atoms with Crippen molar-refractivity contribution in [3.8, 4) is 0 Å². The SMILES string of the molecule is O=C(NC(=S)N1CCSC1)c1ccco1. The van der Waals surface area contributed by atoms with E-state index in [2.05, 4.69) is 5.32 Å². The van der Waals surface area contributed by atoms with Gasteiger partial charge in [-0.3, -0.25) is 10.1 Å². The van der Waals surface area contributed by atoms with Gasteiger partial charge in [-0.25, -0.2) is 0 Å². The van der Waals surface area contributed by atoms with Gasteiger partial charge in [0.1, 0.15) is 0 Å². The minimum Gasteiger partial charge on any atom is -0.459 e. The largest absolute Gasteiger partial charge is 0.459 e. The summed E-state index contributed by atoms with van der Waals surface area (Å²) in [7, 11) is 0. The van der Waals surface area contributed by atoms with Crippen LogP contribution in [0, 0.1) is 0 Å². The molecule has 0 aromatic carbocycles. The zero-order valence-corrected chi connectivity index (χ0v) is 9.57. The van der Waals surface area contributed by atoms with Gasteiger partial charge < -0.3 is 9.32 Å². The van der Waals surface area contributed by atoms with Crippen molar-refractivity contribution in [2.24, 2.45) is 0 Å². The van der Waals surface area contributed by atoms with E-state index in [4.69, 9.17) is 16.6 Å². The van der Waals surface area contributed by atoms with Crippen molar-refractivity contribution < 1.29 is 9.21 Å². The van der Waals surface area contributed by atoms with Gasteiger partial charge in [-0.05, 0) is 24.4 Å². The second kappa shape index (κ2) is 4.67. The number of carbonyl (C=O) groups excluding carboxylic acids is 1. The summed E-state index contributed by atoms with van der Waals surface area (Å²) in [5.41, 5.74) is 0. The third-order valence-corrected chi connectivity index (χ3v) is 3.33. The van der Waals surface area contributed by atoms with E-state index in [0.29, 0.717) is 5.11 Å². The third kappa shape index (κ3) is 2.51. The smallest absolute Gasteiger partial charge is 0.293 e. The molecule has 0 aliphatic carbocycles. The van der Waals surface area contributed by atoms with Crippen molar-refractivity contribution in [1.82, 2.24) is 10.2 Å². The number of hydrogen-bond donors (Lipinski definition) is 1. The number of thioether (sulfide) groups is 1. The van der Waals surface area contributed by atoms with Crippen molar-refractivity contribution in [3.05, 3.63) is 24.2 Å². The molecule has 0 unspecified atom stereocenters. The Morgan fingerprint density at radius 2 is 2.53 bits per heavy atom. The molecule has 1 aliphatic rings. The van der Waals surface area contributed by atoms with Crippen LogP contribution in [-0.4, -0.2) is 34.1 Å². The molecule has 2 rings (SSSR count). The zero-order valence-electron chi connectivity index (χ0n) is 7.93. The third-order valence-electron chi connectivity index (χ3n) is 2.01. The highest BCUT2D eigenvalue weighted by atomic mass is 32.2. The maximum atomic E-state index is 11.5. The lowest BCUT2D eigenvalue weighted by molar-refractivity contribution is 0.0947. The molecule has 1 saturated heterocycles. The van der Waals surface area contributed by atoms with Gasteiger partial charge in [0.15, 0.2) is 10.9 Å². The molecule has 2 heterocycles. The molecule has 0 radical (unpaired) electrons. The zero-order chi connectivity index (χ0) is 10.7. The van der Waals surface area contributed by atoms with Crippen LogP contribution >= 0.6 is 24.0 Å². The number of rotatable bonds is 1. The van der Waals surface area contributed by atoms with Crippen molar-refractivity contribution in [1.29, 1.82) is 0 Å². The van der Waals surface area contributed by atoms with Gasteiger partial charge in [-0.1, -0.05) is 0 Å². The van der Waals surface area contributed by atoms with Crippen LogP contribution in [0.1, 0.15) is 10.6 Å². The summed E-state index contributed by atoms with van der Waals surface area (Å²) in [5, 5.41) is 3.11. The molecule has 15 heavy (non-hydrogen) atoms. The van der Waals surface area contributed by atoms with Crippen LogP contribution in [0.3, 0.4) is 0 Å². The minimum atomic E-state index is -0.290. The number of nitrogens with one attached hydrogen (secondary N) is 1. The molecular weight excluding hydrogens is 232 g/mol. The summed E-state index contributed by atoms with van der Waals surface area (Å²) in [6.45, 7) is 0.891. The normalized spacial score (nSPS) is 15.3. The van der Waals surface area contributed by atoms with Crippen molar-refractivity contribution in [2.45, 2.75) is 0 Å². The highest BCUT2D eigenvalue weighted by Crippen LogP contribution is 2.13. The van der Waals surface area contributed by atoms with Crippen LogP contribution in [0.4, 0.5) is 0 Å². The first kappa shape index (κ1) is 10.5. The first-order valence-electron chi connectivity index (χ1n) is 4.49. The van der Waals surface area contributed by atoms with Crippen molar-refractivity contribution >= 4 is 35.0 Å². The van der Waals surface area contributed by atoms with Crippen LogP contribution in [0.15, 0.2) is 22.8 Å². The Hall–Kier alpha value is -1.01. The molecule has 1 fully saturated rings. The monoisotopic (exact) mass is 242 g/mol. The first-order valence-corrected chi connectivity index (χ1v) is 6.05. The second-order valence-corrected chi connectivity index (χ2v) is 4.50. The Labute approximate surface area is 97.0 Å². The minimum absolute atomic E-state index is 0.282. The number of amides is 1. The summed E-state index contributed by atoms with van der Waals surface area (Å²) in [5.74, 6) is 1.89. The first-order chi connectivity index (χ1) is 7.27. The topological polar surface area (TPSA) is 45.5 Å². The van der Waals surface area contributed by atoms with Gasteiger partial charge in [0.25, 0.3) is 5.91 Å². The van der Waals surface area contributed by atoms with Crippen molar-refractivity contribution in [2.75, 3.05) is 18.2 Å². The van der Waals surface area contributed by atoms with Gasteiger partial charge in [0, 0.05) is 12.3 Å². The molecular formula is C9H10N2O2S2. The molecule has 1 amide bonds. The molecule has 1 N–H and O–H groups in total. The van der Waals surface area contributed by atoms with Crippen LogP contribution in [0.5, 0.6) is 0 Å². The molecule has 0 saturated carbocycles. The van der Waals surface area contributed by atoms with Gasteiger partial charge in [-0.15, -0.1) is 11.8 Å². The lowest BCUT2D eigenvalue weighted by Gasteiger charge is -2.17. The molecule has 0 spiro atoms. The van der Waals surface area contributed by atoms with E-state index >= 15 is 0 Å². The highest BCUT2D eigenvalue weighted by molar-refractivity contribution is 7.99. The lowest BCUT2D eigenvalue weighted by atomic mass is 10.4. The summed E-state index contributed by atoms with van der Waals surface area (Å²) in [6.07, 6.45) is 1.46. The Bertz CT molecular complexity index is 358. The predicted octanol–water partition coefficient (Wildman–Crippen LogP) is 1.30. The van der Waals surface area contributed by atoms with E-state index in [-0.39, 0.29) is 11.7 Å². The fraction of sp³-hybridized carbons (Fsp3) is 0.333. The quantitative estimate of drug-likeness (QED) is 0.752. The van der Waals surface area contributed by atoms with Gasteiger partial charge in [0.2, 0.25) is 0 Å². The van der Waals surface area contributed by atoms with Crippen LogP contribution in [0.2, 0.25) is 0 Å². The van der Waals surface area contributed by atoms with Crippen LogP contribution in [0.25, 0.3) is 0 Å². The highest BCUT2D eigenvalue weighted by Gasteiger charge is 2.18. The standard InChI is InChI=1S/C9H10N2O2S2/c12-8(7-2-1-4-13-7)10-9(14)11-3-5-15-6-11/h1-2,4H,3,5-6H2,(H,10,12,14). The summed E-state index contributed by atoms with van der Waals surface area (Å²) in [4.78, 5) is 13.5. The molecule has 1 aromatic rings. The van der Waals surface area contributed by atoms with E-state index in [9.17, 15) is 4.79 Å². The van der Waals surface area contributed by atoms with E-state index in [1.165, 1.54) is 6.26 Å². The number of furan rings is 1. The van der Waals surface area contributed by atoms with E-state index < -0.39 is 0 Å². The van der Waals surface area contributed by atoms with E-state index in [0.717, 1.165) is 18.2 Å². The van der Waals surface area contributed by atoms with Crippen LogP contribution in [-0.2, 0) is 0 Å². The number of carbonyl (C=O) groups is 1. The summed E-state index contributed by atoms with van der Waals surface area (Å²) in [6, 6.07) is 3.28. The van der Waals surface area contributed by atoms with Crippen molar-refractivity contribution in [3.63, 3.8) is 0 Å². The van der Waals surface area contributed by atoms with Gasteiger partial charge in [-0.2, -0.15) is 0 Å². The predicted molar refractivity (Wildman–Crippen MR) is 62.8 cm³/mol. The average molecular weight is 242 g/mol. The second-order valence-electron chi connectivity index (χ2n) is 3.04. The maximum absolute atomic E-state index is 11.5. The van der Waals surface area contributed by atoms with Crippen LogP contribution < -0.4 is 5.32 Å². The fourth-order valence-electron chi connectivity index (χ4n) is 1.22. The molecule has 6 heteroatoms. The van der Waals surface area contributed by atoms with Gasteiger partial charge in [0.05, 0.1) is 12.1 Å². The Balaban J connectivity index is 1.91. The summed E-state index contributed by atoms with van der Waals surface area (Å²) >= 11 is 6.90. The Morgan fingerprint density at radius 3 is 3.13 bits per heavy atom. The Kier molecular flexibility index (Phi) is 3.27. The number of nitrogens with zero attached hydrogens (tertiary/aromatic N) is 1. The summed E-state index contributed by atoms with van der Waals surface area (Å²) < 4.78 is 4.96. The lowest BCUT2D eigenvalue weighted by Crippen LogP contribution is -2.41.